The zero-order chi connectivity index (χ0) is 14.7. The second-order valence-corrected chi connectivity index (χ2v) is 5.71. The van der Waals surface area contributed by atoms with E-state index in [-0.39, 0.29) is 23.5 Å². The SMILES string of the molecule is Fc1ccc(F)c(C2CCNCC2Cc2ccccc2)c1. The zero-order valence-electron chi connectivity index (χ0n) is 11.9. The maximum absolute atomic E-state index is 14.1. The van der Waals surface area contributed by atoms with Crippen molar-refractivity contribution in [1.29, 1.82) is 0 Å². The average Bonchev–Trinajstić information content (AvgIpc) is 2.51. The first-order valence-corrected chi connectivity index (χ1v) is 7.43. The predicted molar refractivity (Wildman–Crippen MR) is 80.2 cm³/mol. The van der Waals surface area contributed by atoms with Crippen LogP contribution in [-0.4, -0.2) is 13.1 Å². The Morgan fingerprint density at radius 1 is 1.05 bits per heavy atom. The van der Waals surface area contributed by atoms with Gasteiger partial charge in [-0.2, -0.15) is 0 Å². The fourth-order valence-corrected chi connectivity index (χ4v) is 3.26. The van der Waals surface area contributed by atoms with E-state index in [4.69, 9.17) is 0 Å². The monoisotopic (exact) mass is 287 g/mol. The molecule has 1 heterocycles. The number of piperidine rings is 1. The summed E-state index contributed by atoms with van der Waals surface area (Å²) in [4.78, 5) is 0. The highest BCUT2D eigenvalue weighted by atomic mass is 19.1. The summed E-state index contributed by atoms with van der Waals surface area (Å²) in [6.07, 6.45) is 1.73. The lowest BCUT2D eigenvalue weighted by Gasteiger charge is -2.33. The first-order valence-electron chi connectivity index (χ1n) is 7.43. The van der Waals surface area contributed by atoms with Crippen LogP contribution in [0.4, 0.5) is 8.78 Å². The highest BCUT2D eigenvalue weighted by Gasteiger charge is 2.28. The Balaban J connectivity index is 1.86. The molecular weight excluding hydrogens is 268 g/mol. The summed E-state index contributed by atoms with van der Waals surface area (Å²) in [6, 6.07) is 14.0. The fourth-order valence-electron chi connectivity index (χ4n) is 3.26. The van der Waals surface area contributed by atoms with Crippen molar-refractivity contribution in [3.8, 4) is 0 Å². The second kappa shape index (κ2) is 6.35. The first-order chi connectivity index (χ1) is 10.2. The molecule has 0 aromatic heterocycles. The second-order valence-electron chi connectivity index (χ2n) is 5.71. The van der Waals surface area contributed by atoms with Gasteiger partial charge in [0.2, 0.25) is 0 Å². The smallest absolute Gasteiger partial charge is 0.126 e. The lowest BCUT2D eigenvalue weighted by Crippen LogP contribution is -2.37. The summed E-state index contributed by atoms with van der Waals surface area (Å²) < 4.78 is 27.6. The van der Waals surface area contributed by atoms with Crippen molar-refractivity contribution in [2.24, 2.45) is 5.92 Å². The molecule has 2 atom stereocenters. The van der Waals surface area contributed by atoms with Gasteiger partial charge in [0.1, 0.15) is 11.6 Å². The van der Waals surface area contributed by atoms with Crippen molar-refractivity contribution < 1.29 is 8.78 Å². The normalized spacial score (nSPS) is 22.2. The third-order valence-corrected chi connectivity index (χ3v) is 4.31. The number of benzene rings is 2. The van der Waals surface area contributed by atoms with Crippen molar-refractivity contribution in [1.82, 2.24) is 5.32 Å². The van der Waals surface area contributed by atoms with Gasteiger partial charge >= 0.3 is 0 Å². The lowest BCUT2D eigenvalue weighted by molar-refractivity contribution is 0.316. The van der Waals surface area contributed by atoms with E-state index in [1.54, 1.807) is 0 Å². The number of hydrogen-bond donors (Lipinski definition) is 1. The quantitative estimate of drug-likeness (QED) is 0.902. The molecule has 110 valence electrons. The van der Waals surface area contributed by atoms with Crippen molar-refractivity contribution in [3.05, 3.63) is 71.3 Å². The fraction of sp³-hybridized carbons (Fsp3) is 0.333. The summed E-state index contributed by atoms with van der Waals surface area (Å²) in [5.74, 6) is -0.288. The molecule has 1 fully saturated rings. The molecule has 0 aliphatic carbocycles. The van der Waals surface area contributed by atoms with Gasteiger partial charge in [0.05, 0.1) is 0 Å². The van der Waals surface area contributed by atoms with Crippen LogP contribution in [0, 0.1) is 17.6 Å². The van der Waals surface area contributed by atoms with Crippen molar-refractivity contribution in [2.45, 2.75) is 18.8 Å². The van der Waals surface area contributed by atoms with Crippen molar-refractivity contribution in [2.75, 3.05) is 13.1 Å². The van der Waals surface area contributed by atoms with E-state index in [0.717, 1.165) is 25.9 Å². The largest absolute Gasteiger partial charge is 0.316 e. The Hall–Kier alpha value is -1.74. The molecule has 3 heteroatoms. The summed E-state index contributed by atoms with van der Waals surface area (Å²) in [5.41, 5.74) is 1.77. The van der Waals surface area contributed by atoms with Gasteiger partial charge in [-0.1, -0.05) is 30.3 Å². The van der Waals surface area contributed by atoms with Crippen LogP contribution in [-0.2, 0) is 6.42 Å². The standard InChI is InChI=1S/C18H19F2N/c19-15-6-7-18(20)17(11-15)16-8-9-21-12-14(16)10-13-4-2-1-3-5-13/h1-7,11,14,16,21H,8-10,12H2. The Kier molecular flexibility index (Phi) is 4.30. The maximum atomic E-state index is 14.1. The predicted octanol–water partition coefficient (Wildman–Crippen LogP) is 3.90. The Morgan fingerprint density at radius 2 is 1.86 bits per heavy atom. The molecule has 1 aliphatic rings. The number of rotatable bonds is 3. The van der Waals surface area contributed by atoms with Crippen LogP contribution >= 0.6 is 0 Å². The maximum Gasteiger partial charge on any atom is 0.126 e. The van der Waals surface area contributed by atoms with Gasteiger partial charge in [-0.3, -0.25) is 0 Å². The van der Waals surface area contributed by atoms with Crippen molar-refractivity contribution in [3.63, 3.8) is 0 Å². The molecular formula is C18H19F2N. The number of halogens is 2. The highest BCUT2D eigenvalue weighted by molar-refractivity contribution is 5.26. The summed E-state index contributed by atoms with van der Waals surface area (Å²) in [6.45, 7) is 1.70. The van der Waals surface area contributed by atoms with Gasteiger partial charge < -0.3 is 5.32 Å². The summed E-state index contributed by atoms with van der Waals surface area (Å²) in [5, 5.41) is 3.37. The average molecular weight is 287 g/mol. The van der Waals surface area contributed by atoms with Gasteiger partial charge in [0.25, 0.3) is 0 Å². The van der Waals surface area contributed by atoms with Crippen LogP contribution in [0.25, 0.3) is 0 Å². The minimum absolute atomic E-state index is 0.0714. The van der Waals surface area contributed by atoms with Gasteiger partial charge in [0, 0.05) is 0 Å². The third-order valence-electron chi connectivity index (χ3n) is 4.31. The van der Waals surface area contributed by atoms with Gasteiger partial charge in [-0.15, -0.1) is 0 Å². The van der Waals surface area contributed by atoms with E-state index in [1.807, 2.05) is 18.2 Å². The van der Waals surface area contributed by atoms with Crippen LogP contribution in [0.5, 0.6) is 0 Å². The number of hydrogen-bond acceptors (Lipinski definition) is 1. The molecule has 2 aromatic carbocycles. The molecule has 1 nitrogen and oxygen atoms in total. The van der Waals surface area contributed by atoms with Gasteiger partial charge in [0.15, 0.2) is 0 Å². The Labute approximate surface area is 124 Å². The minimum Gasteiger partial charge on any atom is -0.316 e. The van der Waals surface area contributed by atoms with E-state index in [1.165, 1.54) is 23.8 Å². The zero-order valence-corrected chi connectivity index (χ0v) is 11.9. The Morgan fingerprint density at radius 3 is 2.67 bits per heavy atom. The van der Waals surface area contributed by atoms with Crippen LogP contribution in [0.2, 0.25) is 0 Å². The molecule has 0 bridgehead atoms. The van der Waals surface area contributed by atoms with E-state index in [0.29, 0.717) is 5.56 Å². The van der Waals surface area contributed by atoms with Crippen molar-refractivity contribution >= 4 is 0 Å². The van der Waals surface area contributed by atoms with Gasteiger partial charge in [-0.25, -0.2) is 8.78 Å². The molecule has 0 radical (unpaired) electrons. The van der Waals surface area contributed by atoms with E-state index in [2.05, 4.69) is 17.4 Å². The molecule has 0 saturated carbocycles. The number of nitrogens with one attached hydrogen (secondary N) is 1. The van der Waals surface area contributed by atoms with E-state index >= 15 is 0 Å². The molecule has 3 rings (SSSR count). The lowest BCUT2D eigenvalue weighted by atomic mass is 9.78. The molecule has 1 saturated heterocycles. The summed E-state index contributed by atoms with van der Waals surface area (Å²) >= 11 is 0. The van der Waals surface area contributed by atoms with Crippen LogP contribution in [0.3, 0.4) is 0 Å². The summed E-state index contributed by atoms with van der Waals surface area (Å²) in [7, 11) is 0. The van der Waals surface area contributed by atoms with E-state index < -0.39 is 0 Å². The molecule has 2 unspecified atom stereocenters. The van der Waals surface area contributed by atoms with Crippen LogP contribution < -0.4 is 5.32 Å². The van der Waals surface area contributed by atoms with Crippen LogP contribution in [0.1, 0.15) is 23.5 Å². The molecule has 1 N–H and O–H groups in total. The van der Waals surface area contributed by atoms with E-state index in [9.17, 15) is 8.78 Å². The molecule has 1 aliphatic heterocycles. The van der Waals surface area contributed by atoms with Gasteiger partial charge in [-0.05, 0) is 67.1 Å². The van der Waals surface area contributed by atoms with Crippen LogP contribution in [0.15, 0.2) is 48.5 Å². The third kappa shape index (κ3) is 3.30. The molecule has 0 amide bonds. The first kappa shape index (κ1) is 14.2. The molecule has 21 heavy (non-hydrogen) atoms. The Bertz CT molecular complexity index is 597. The molecule has 2 aromatic rings. The highest BCUT2D eigenvalue weighted by Crippen LogP contribution is 2.34. The minimum atomic E-state index is -0.358. The topological polar surface area (TPSA) is 12.0 Å². The molecule has 0 spiro atoms.